The highest BCUT2D eigenvalue weighted by atomic mass is 16.5. The van der Waals surface area contributed by atoms with E-state index >= 15 is 0 Å². The van der Waals surface area contributed by atoms with E-state index in [9.17, 15) is 9.59 Å². The quantitative estimate of drug-likeness (QED) is 0.593. The van der Waals surface area contributed by atoms with E-state index in [-0.39, 0.29) is 0 Å². The fraction of sp³-hybridized carbons (Fsp3) is 0.778. The molecule has 0 aromatic rings. The van der Waals surface area contributed by atoms with Crippen molar-refractivity contribution < 1.29 is 14.3 Å². The molecule has 3 heteroatoms. The fourth-order valence-electron chi connectivity index (χ4n) is 1.06. The van der Waals surface area contributed by atoms with E-state index in [2.05, 4.69) is 4.74 Å². The van der Waals surface area contributed by atoms with E-state index in [1.54, 1.807) is 6.92 Å². The minimum absolute atomic E-state index is 0.375. The standard InChI is InChI=1S/C6H10O.C3H6O2/c1-5-3-2-4-6(5)7;1-2-5-3-4/h5H,2-4H2,1H3;3H,2H2,1H3. The molecule has 0 bridgehead atoms. The van der Waals surface area contributed by atoms with Crippen LogP contribution in [-0.2, 0) is 14.3 Å². The molecule has 0 aromatic heterocycles. The van der Waals surface area contributed by atoms with Crippen LogP contribution in [0.25, 0.3) is 0 Å². The van der Waals surface area contributed by atoms with Crippen LogP contribution in [-0.4, -0.2) is 18.9 Å². The van der Waals surface area contributed by atoms with Crippen molar-refractivity contribution in [2.75, 3.05) is 6.61 Å². The molecule has 1 aliphatic carbocycles. The Bertz CT molecular complexity index is 143. The molecule has 0 aromatic carbocycles. The van der Waals surface area contributed by atoms with Crippen LogP contribution >= 0.6 is 0 Å². The lowest BCUT2D eigenvalue weighted by atomic mass is 10.1. The largest absolute Gasteiger partial charge is 0.468 e. The van der Waals surface area contributed by atoms with Crippen LogP contribution in [0, 0.1) is 5.92 Å². The van der Waals surface area contributed by atoms with E-state index in [1.165, 1.54) is 0 Å². The summed E-state index contributed by atoms with van der Waals surface area (Å²) >= 11 is 0. The lowest BCUT2D eigenvalue weighted by molar-refractivity contribution is -0.128. The topological polar surface area (TPSA) is 43.4 Å². The Morgan fingerprint density at radius 2 is 2.33 bits per heavy atom. The normalized spacial score (nSPS) is 21.2. The highest BCUT2D eigenvalue weighted by Crippen LogP contribution is 2.19. The number of hydrogen-bond acceptors (Lipinski definition) is 3. The molecular formula is C9H16O3. The Morgan fingerprint density at radius 1 is 1.67 bits per heavy atom. The molecule has 12 heavy (non-hydrogen) atoms. The summed E-state index contributed by atoms with van der Waals surface area (Å²) in [4.78, 5) is 19.8. The minimum Gasteiger partial charge on any atom is -0.468 e. The number of rotatable bonds is 2. The maximum absolute atomic E-state index is 10.6. The van der Waals surface area contributed by atoms with Gasteiger partial charge in [-0.25, -0.2) is 0 Å². The molecule has 1 saturated carbocycles. The van der Waals surface area contributed by atoms with Crippen molar-refractivity contribution in [3.63, 3.8) is 0 Å². The molecule has 3 nitrogen and oxygen atoms in total. The van der Waals surface area contributed by atoms with Gasteiger partial charge in [0, 0.05) is 12.3 Å². The van der Waals surface area contributed by atoms with Gasteiger partial charge in [-0.05, 0) is 19.8 Å². The molecule has 0 spiro atoms. The maximum Gasteiger partial charge on any atom is 0.293 e. The summed E-state index contributed by atoms with van der Waals surface area (Å²) in [5.41, 5.74) is 0. The van der Waals surface area contributed by atoms with Gasteiger partial charge in [-0.15, -0.1) is 0 Å². The zero-order chi connectivity index (χ0) is 9.40. The van der Waals surface area contributed by atoms with E-state index < -0.39 is 0 Å². The monoisotopic (exact) mass is 172 g/mol. The van der Waals surface area contributed by atoms with Crippen molar-refractivity contribution in [2.24, 2.45) is 5.92 Å². The summed E-state index contributed by atoms with van der Waals surface area (Å²) in [5, 5.41) is 0. The molecule has 0 heterocycles. The van der Waals surface area contributed by atoms with Crippen LogP contribution in [0.4, 0.5) is 0 Å². The first-order valence-electron chi connectivity index (χ1n) is 4.30. The van der Waals surface area contributed by atoms with Gasteiger partial charge in [-0.3, -0.25) is 9.59 Å². The molecule has 1 unspecified atom stereocenters. The molecular weight excluding hydrogens is 156 g/mol. The van der Waals surface area contributed by atoms with Crippen molar-refractivity contribution in [1.29, 1.82) is 0 Å². The number of Topliss-reactive ketones (excluding diaryl/α,β-unsaturated/α-hetero) is 1. The third-order valence-electron chi connectivity index (χ3n) is 1.84. The second-order valence-corrected chi connectivity index (χ2v) is 2.81. The predicted octanol–water partition coefficient (Wildman–Crippen LogP) is 1.55. The van der Waals surface area contributed by atoms with Gasteiger partial charge in [-0.1, -0.05) is 6.92 Å². The fourth-order valence-corrected chi connectivity index (χ4v) is 1.06. The first kappa shape index (κ1) is 11.1. The molecule has 0 amide bonds. The number of ether oxygens (including phenoxy) is 1. The summed E-state index contributed by atoms with van der Waals surface area (Å²) in [6, 6.07) is 0. The lowest BCUT2D eigenvalue weighted by Gasteiger charge is -1.91. The van der Waals surface area contributed by atoms with Crippen molar-refractivity contribution in [3.05, 3.63) is 0 Å². The van der Waals surface area contributed by atoms with E-state index in [4.69, 9.17) is 0 Å². The van der Waals surface area contributed by atoms with Crippen LogP contribution < -0.4 is 0 Å². The summed E-state index contributed by atoms with van der Waals surface area (Å²) in [7, 11) is 0. The average Bonchev–Trinajstić information content (AvgIpc) is 2.39. The van der Waals surface area contributed by atoms with Crippen LogP contribution in [0.2, 0.25) is 0 Å². The smallest absolute Gasteiger partial charge is 0.293 e. The van der Waals surface area contributed by atoms with Crippen LogP contribution in [0.3, 0.4) is 0 Å². The van der Waals surface area contributed by atoms with Gasteiger partial charge in [0.2, 0.25) is 0 Å². The first-order valence-corrected chi connectivity index (χ1v) is 4.30. The van der Waals surface area contributed by atoms with Gasteiger partial charge >= 0.3 is 0 Å². The van der Waals surface area contributed by atoms with Crippen molar-refractivity contribution in [3.8, 4) is 0 Å². The summed E-state index contributed by atoms with van der Waals surface area (Å²) in [5.74, 6) is 0.833. The zero-order valence-electron chi connectivity index (χ0n) is 7.71. The van der Waals surface area contributed by atoms with Gasteiger partial charge in [0.15, 0.2) is 0 Å². The minimum atomic E-state index is 0.375. The van der Waals surface area contributed by atoms with Gasteiger partial charge in [0.1, 0.15) is 5.78 Å². The molecule has 0 radical (unpaired) electrons. The number of ketones is 1. The second kappa shape index (κ2) is 6.83. The van der Waals surface area contributed by atoms with Gasteiger partial charge < -0.3 is 4.74 Å². The Morgan fingerprint density at radius 3 is 2.42 bits per heavy atom. The molecule has 0 N–H and O–H groups in total. The Balaban J connectivity index is 0.000000217. The Kier molecular flexibility index (Phi) is 6.34. The highest BCUT2D eigenvalue weighted by molar-refractivity contribution is 5.82. The summed E-state index contributed by atoms with van der Waals surface area (Å²) < 4.78 is 4.15. The maximum atomic E-state index is 10.6. The molecule has 1 rings (SSSR count). The number of carbonyl (C=O) groups excluding carboxylic acids is 2. The van der Waals surface area contributed by atoms with Gasteiger partial charge in [0.05, 0.1) is 6.61 Å². The number of carbonyl (C=O) groups is 2. The number of hydrogen-bond donors (Lipinski definition) is 0. The van der Waals surface area contributed by atoms with Crippen molar-refractivity contribution in [2.45, 2.75) is 33.1 Å². The van der Waals surface area contributed by atoms with Crippen LogP contribution in [0.1, 0.15) is 33.1 Å². The van der Waals surface area contributed by atoms with Gasteiger partial charge in [-0.2, -0.15) is 0 Å². The molecule has 0 aliphatic heterocycles. The predicted molar refractivity (Wildman–Crippen MR) is 45.7 cm³/mol. The molecule has 1 fully saturated rings. The summed E-state index contributed by atoms with van der Waals surface area (Å²) in [6.45, 7) is 4.67. The zero-order valence-corrected chi connectivity index (χ0v) is 7.71. The molecule has 70 valence electrons. The third-order valence-corrected chi connectivity index (χ3v) is 1.84. The average molecular weight is 172 g/mol. The van der Waals surface area contributed by atoms with Crippen LogP contribution in [0.5, 0.6) is 0 Å². The SMILES string of the molecule is CC1CCCC1=O.CCOC=O. The van der Waals surface area contributed by atoms with E-state index in [1.807, 2.05) is 6.92 Å². The molecule has 1 atom stereocenters. The Hall–Kier alpha value is -0.860. The van der Waals surface area contributed by atoms with E-state index in [0.29, 0.717) is 24.8 Å². The third kappa shape index (κ3) is 4.88. The Labute approximate surface area is 73.1 Å². The molecule has 0 saturated heterocycles. The lowest BCUT2D eigenvalue weighted by Crippen LogP contribution is -1.98. The van der Waals surface area contributed by atoms with Crippen molar-refractivity contribution >= 4 is 12.3 Å². The highest BCUT2D eigenvalue weighted by Gasteiger charge is 2.18. The van der Waals surface area contributed by atoms with E-state index in [0.717, 1.165) is 19.3 Å². The molecule has 1 aliphatic rings. The van der Waals surface area contributed by atoms with Crippen molar-refractivity contribution in [1.82, 2.24) is 0 Å². The summed E-state index contributed by atoms with van der Waals surface area (Å²) in [6.07, 6.45) is 3.08. The first-order chi connectivity index (χ1) is 5.72. The van der Waals surface area contributed by atoms with Gasteiger partial charge in [0.25, 0.3) is 6.47 Å². The second-order valence-electron chi connectivity index (χ2n) is 2.81. The van der Waals surface area contributed by atoms with Crippen LogP contribution in [0.15, 0.2) is 0 Å².